The van der Waals surface area contributed by atoms with Gasteiger partial charge in [-0.15, -0.1) is 11.3 Å². The lowest BCUT2D eigenvalue weighted by molar-refractivity contribution is 0.360. The predicted octanol–water partition coefficient (Wildman–Crippen LogP) is 0.462. The Morgan fingerprint density at radius 2 is 2.30 bits per heavy atom. The monoisotopic (exact) mass is 296 g/mol. The molecule has 0 fully saturated rings. The number of aromatic nitrogens is 3. The van der Waals surface area contributed by atoms with Crippen LogP contribution in [0.3, 0.4) is 0 Å². The van der Waals surface area contributed by atoms with Gasteiger partial charge in [-0.3, -0.25) is 15.5 Å². The van der Waals surface area contributed by atoms with Gasteiger partial charge in [-0.25, -0.2) is 5.43 Å². The van der Waals surface area contributed by atoms with Crippen LogP contribution in [0.4, 0.5) is 0 Å². The summed E-state index contributed by atoms with van der Waals surface area (Å²) >= 11 is 1.55. The standard InChI is InChI=1S/C12H20N6OS/c1-17(2)4-5-18-12(9(19-3)6-15-18)11(16-13)10-7-14-8-20-10/h6-8,11,16H,4-5,13H2,1-3H3. The number of hydrogen-bond acceptors (Lipinski definition) is 7. The second-order valence-electron chi connectivity index (χ2n) is 4.63. The molecule has 0 aromatic carbocycles. The van der Waals surface area contributed by atoms with Crippen molar-refractivity contribution in [2.45, 2.75) is 12.6 Å². The van der Waals surface area contributed by atoms with Crippen LogP contribution in [0.5, 0.6) is 5.75 Å². The molecule has 0 saturated carbocycles. The van der Waals surface area contributed by atoms with Crippen LogP contribution in [0, 0.1) is 0 Å². The van der Waals surface area contributed by atoms with Crippen molar-refractivity contribution < 1.29 is 4.74 Å². The van der Waals surface area contributed by atoms with Gasteiger partial charge in [0.15, 0.2) is 5.75 Å². The van der Waals surface area contributed by atoms with E-state index in [-0.39, 0.29) is 6.04 Å². The fourth-order valence-electron chi connectivity index (χ4n) is 1.96. The van der Waals surface area contributed by atoms with Gasteiger partial charge in [0.2, 0.25) is 0 Å². The minimum atomic E-state index is -0.179. The number of hydrogen-bond donors (Lipinski definition) is 2. The first-order valence-corrected chi connectivity index (χ1v) is 7.14. The smallest absolute Gasteiger partial charge is 0.162 e. The van der Waals surface area contributed by atoms with E-state index >= 15 is 0 Å². The Balaban J connectivity index is 2.34. The first-order chi connectivity index (χ1) is 9.67. The Kier molecular flexibility index (Phi) is 5.07. The number of likely N-dealkylation sites (N-methyl/N-ethyl adjacent to an activating group) is 1. The third-order valence-corrected chi connectivity index (χ3v) is 3.84. The third-order valence-electron chi connectivity index (χ3n) is 3.00. The van der Waals surface area contributed by atoms with Gasteiger partial charge < -0.3 is 9.64 Å². The van der Waals surface area contributed by atoms with Gasteiger partial charge in [0.1, 0.15) is 11.7 Å². The summed E-state index contributed by atoms with van der Waals surface area (Å²) in [5.74, 6) is 6.45. The number of ether oxygens (including phenoxy) is 1. The van der Waals surface area contributed by atoms with E-state index in [4.69, 9.17) is 10.6 Å². The highest BCUT2D eigenvalue weighted by Gasteiger charge is 2.23. The van der Waals surface area contributed by atoms with Gasteiger partial charge >= 0.3 is 0 Å². The van der Waals surface area contributed by atoms with Crippen LogP contribution in [-0.4, -0.2) is 47.4 Å². The fourth-order valence-corrected chi connectivity index (χ4v) is 2.64. The molecule has 8 heteroatoms. The largest absolute Gasteiger partial charge is 0.493 e. The number of nitrogens with one attached hydrogen (secondary N) is 1. The molecular weight excluding hydrogens is 276 g/mol. The molecule has 110 valence electrons. The molecule has 2 heterocycles. The SMILES string of the molecule is COc1cnn(CCN(C)C)c1C(NN)c1cncs1. The topological polar surface area (TPSA) is 81.2 Å². The van der Waals surface area contributed by atoms with Crippen molar-refractivity contribution in [3.05, 3.63) is 28.5 Å². The zero-order chi connectivity index (χ0) is 14.5. The maximum Gasteiger partial charge on any atom is 0.162 e. The summed E-state index contributed by atoms with van der Waals surface area (Å²) in [4.78, 5) is 7.24. The first-order valence-electron chi connectivity index (χ1n) is 6.26. The van der Waals surface area contributed by atoms with Crippen molar-refractivity contribution in [3.63, 3.8) is 0 Å². The van der Waals surface area contributed by atoms with Crippen LogP contribution < -0.4 is 16.0 Å². The van der Waals surface area contributed by atoms with Gasteiger partial charge in [-0.1, -0.05) is 0 Å². The molecule has 0 aliphatic rings. The zero-order valence-corrected chi connectivity index (χ0v) is 12.7. The summed E-state index contributed by atoms with van der Waals surface area (Å²) in [6, 6.07) is -0.179. The summed E-state index contributed by atoms with van der Waals surface area (Å²) in [6.07, 6.45) is 3.52. The van der Waals surface area contributed by atoms with Crippen molar-refractivity contribution in [3.8, 4) is 5.75 Å². The van der Waals surface area contributed by atoms with Gasteiger partial charge in [0.25, 0.3) is 0 Å². The molecule has 0 bridgehead atoms. The van der Waals surface area contributed by atoms with Crippen LogP contribution in [0.15, 0.2) is 17.9 Å². The van der Waals surface area contributed by atoms with E-state index in [1.165, 1.54) is 0 Å². The van der Waals surface area contributed by atoms with Crippen molar-refractivity contribution >= 4 is 11.3 Å². The summed E-state index contributed by atoms with van der Waals surface area (Å²) in [7, 11) is 5.70. The molecule has 2 aromatic heterocycles. The van der Waals surface area contributed by atoms with Crippen molar-refractivity contribution in [1.29, 1.82) is 0 Å². The van der Waals surface area contributed by atoms with Crippen LogP contribution in [-0.2, 0) is 6.54 Å². The molecule has 2 rings (SSSR count). The van der Waals surface area contributed by atoms with Gasteiger partial charge in [-0.05, 0) is 14.1 Å². The van der Waals surface area contributed by atoms with Crippen LogP contribution in [0.25, 0.3) is 0 Å². The fraction of sp³-hybridized carbons (Fsp3) is 0.500. The van der Waals surface area contributed by atoms with E-state index in [1.54, 1.807) is 36.4 Å². The molecule has 0 aliphatic heterocycles. The highest BCUT2D eigenvalue weighted by molar-refractivity contribution is 7.09. The first kappa shape index (κ1) is 14.9. The van der Waals surface area contributed by atoms with Crippen molar-refractivity contribution in [1.82, 2.24) is 25.1 Å². The Bertz CT molecular complexity index is 524. The normalized spacial score (nSPS) is 12.8. The lowest BCUT2D eigenvalue weighted by atomic mass is 10.2. The van der Waals surface area contributed by atoms with Crippen molar-refractivity contribution in [2.24, 2.45) is 5.84 Å². The summed E-state index contributed by atoms with van der Waals surface area (Å²) in [5, 5.41) is 4.39. The number of thiazole rings is 1. The molecule has 3 N–H and O–H groups in total. The van der Waals surface area contributed by atoms with Crippen LogP contribution >= 0.6 is 11.3 Å². The van der Waals surface area contributed by atoms with E-state index in [0.717, 1.165) is 29.4 Å². The number of methoxy groups -OCH3 is 1. The Morgan fingerprint density at radius 3 is 2.85 bits per heavy atom. The highest BCUT2D eigenvalue weighted by Crippen LogP contribution is 2.31. The maximum absolute atomic E-state index is 5.73. The molecule has 7 nitrogen and oxygen atoms in total. The minimum absolute atomic E-state index is 0.179. The van der Waals surface area contributed by atoms with E-state index in [9.17, 15) is 0 Å². The van der Waals surface area contributed by atoms with E-state index in [0.29, 0.717) is 0 Å². The number of nitrogens with two attached hydrogens (primary N) is 1. The number of hydrazine groups is 1. The molecule has 1 atom stereocenters. The Hall–Kier alpha value is -1.48. The van der Waals surface area contributed by atoms with E-state index < -0.39 is 0 Å². The Morgan fingerprint density at radius 1 is 1.50 bits per heavy atom. The lowest BCUT2D eigenvalue weighted by Gasteiger charge is -2.18. The summed E-state index contributed by atoms with van der Waals surface area (Å²) in [6.45, 7) is 1.65. The predicted molar refractivity (Wildman–Crippen MR) is 78.6 cm³/mol. The average molecular weight is 296 g/mol. The minimum Gasteiger partial charge on any atom is -0.493 e. The van der Waals surface area contributed by atoms with E-state index in [1.807, 2.05) is 18.8 Å². The molecule has 0 spiro atoms. The molecule has 0 saturated heterocycles. The van der Waals surface area contributed by atoms with Crippen LogP contribution in [0.1, 0.15) is 16.6 Å². The summed E-state index contributed by atoms with van der Waals surface area (Å²) < 4.78 is 7.33. The second-order valence-corrected chi connectivity index (χ2v) is 5.55. The van der Waals surface area contributed by atoms with Gasteiger partial charge in [0, 0.05) is 17.6 Å². The summed E-state index contributed by atoms with van der Waals surface area (Å²) in [5.41, 5.74) is 5.53. The second kappa shape index (κ2) is 6.80. The molecule has 0 amide bonds. The van der Waals surface area contributed by atoms with Gasteiger partial charge in [0.05, 0.1) is 25.4 Å². The zero-order valence-electron chi connectivity index (χ0n) is 11.9. The average Bonchev–Trinajstić information content (AvgIpc) is 3.07. The quantitative estimate of drug-likeness (QED) is 0.571. The highest BCUT2D eigenvalue weighted by atomic mass is 32.1. The van der Waals surface area contributed by atoms with Crippen LogP contribution in [0.2, 0.25) is 0 Å². The van der Waals surface area contributed by atoms with Crippen molar-refractivity contribution in [2.75, 3.05) is 27.7 Å². The number of nitrogens with zero attached hydrogens (tertiary/aromatic N) is 4. The third kappa shape index (κ3) is 3.15. The lowest BCUT2D eigenvalue weighted by Crippen LogP contribution is -2.31. The van der Waals surface area contributed by atoms with E-state index in [2.05, 4.69) is 20.4 Å². The Labute approximate surface area is 122 Å². The van der Waals surface area contributed by atoms with Gasteiger partial charge in [-0.2, -0.15) is 5.10 Å². The molecule has 0 aliphatic carbocycles. The maximum atomic E-state index is 5.73. The molecule has 1 unspecified atom stereocenters. The molecular formula is C12H20N6OS. The molecule has 2 aromatic rings. The molecule has 20 heavy (non-hydrogen) atoms. The molecule has 0 radical (unpaired) electrons. The number of rotatable bonds is 7.